The number of rotatable bonds is 9. The van der Waals surface area contributed by atoms with E-state index in [1.807, 2.05) is 6.92 Å². The van der Waals surface area contributed by atoms with Crippen LogP contribution in [0.5, 0.6) is 0 Å². The average Bonchev–Trinajstić information content (AvgIpc) is 3.45. The number of hydrogen-bond donors (Lipinski definition) is 3. The van der Waals surface area contributed by atoms with Crippen LogP contribution in [0.2, 0.25) is 0 Å². The minimum atomic E-state index is -3.38. The maximum absolute atomic E-state index is 12.7. The minimum Gasteiger partial charge on any atom is -0.354 e. The summed E-state index contributed by atoms with van der Waals surface area (Å²) in [5, 5.41) is 6.73. The molecule has 2 aliphatic heterocycles. The second-order valence-electron chi connectivity index (χ2n) is 10.1. The standard InChI is InChI=1S/C22H40N8O2S/c1-16(2)24-21-25-20(26-22(27-21)29-12-4-5-13-29)23-15-18-8-10-19(11-9-18)28-33(31,32)30-14-6-7-17(30)3/h16-19,28H,4-15H2,1-3H3,(H2,23,24,25,26,27). The molecule has 3 heterocycles. The minimum absolute atomic E-state index is 0.0276. The molecule has 0 amide bonds. The number of nitrogens with zero attached hydrogens (tertiary/aromatic N) is 5. The first-order chi connectivity index (χ1) is 15.8. The molecule has 3 fully saturated rings. The van der Waals surface area contributed by atoms with E-state index in [1.165, 1.54) is 12.8 Å². The van der Waals surface area contributed by atoms with Crippen LogP contribution in [0, 0.1) is 5.92 Å². The first-order valence-electron chi connectivity index (χ1n) is 12.6. The maximum Gasteiger partial charge on any atom is 0.279 e. The Hall–Kier alpha value is -1.72. The van der Waals surface area contributed by atoms with E-state index in [1.54, 1.807) is 4.31 Å². The van der Waals surface area contributed by atoms with Gasteiger partial charge >= 0.3 is 0 Å². The molecule has 3 N–H and O–H groups in total. The van der Waals surface area contributed by atoms with E-state index < -0.39 is 10.2 Å². The van der Waals surface area contributed by atoms with Gasteiger partial charge in [0, 0.05) is 44.3 Å². The lowest BCUT2D eigenvalue weighted by atomic mass is 9.86. The van der Waals surface area contributed by atoms with Crippen molar-refractivity contribution in [1.29, 1.82) is 0 Å². The van der Waals surface area contributed by atoms with Gasteiger partial charge in [-0.05, 0) is 78.1 Å². The van der Waals surface area contributed by atoms with Crippen LogP contribution >= 0.6 is 0 Å². The van der Waals surface area contributed by atoms with Gasteiger partial charge in [-0.1, -0.05) is 0 Å². The smallest absolute Gasteiger partial charge is 0.279 e. The molecule has 1 aliphatic carbocycles. The fourth-order valence-corrected chi connectivity index (χ4v) is 6.83. The Balaban J connectivity index is 1.29. The van der Waals surface area contributed by atoms with Crippen molar-refractivity contribution in [3.05, 3.63) is 0 Å². The van der Waals surface area contributed by atoms with Crippen molar-refractivity contribution in [2.45, 2.75) is 90.3 Å². The zero-order valence-electron chi connectivity index (χ0n) is 20.3. The lowest BCUT2D eigenvalue weighted by Gasteiger charge is -2.31. The summed E-state index contributed by atoms with van der Waals surface area (Å²) < 4.78 is 30.0. The third-order valence-electron chi connectivity index (χ3n) is 6.94. The van der Waals surface area contributed by atoms with Crippen molar-refractivity contribution in [1.82, 2.24) is 24.0 Å². The molecule has 33 heavy (non-hydrogen) atoms. The molecule has 2 saturated heterocycles. The Morgan fingerprint density at radius 1 is 0.939 bits per heavy atom. The molecule has 0 aromatic carbocycles. The molecule has 186 valence electrons. The van der Waals surface area contributed by atoms with E-state index in [9.17, 15) is 8.42 Å². The quantitative estimate of drug-likeness (QED) is 0.494. The number of nitrogens with one attached hydrogen (secondary N) is 3. The normalized spacial score (nSPS) is 26.8. The second kappa shape index (κ2) is 10.7. The summed E-state index contributed by atoms with van der Waals surface area (Å²) in [5.41, 5.74) is 0. The molecule has 0 radical (unpaired) electrons. The Labute approximate surface area is 198 Å². The van der Waals surface area contributed by atoms with Crippen LogP contribution in [0.1, 0.15) is 72.1 Å². The van der Waals surface area contributed by atoms with Gasteiger partial charge in [0.05, 0.1) is 0 Å². The van der Waals surface area contributed by atoms with Gasteiger partial charge in [0.15, 0.2) is 0 Å². The van der Waals surface area contributed by atoms with Gasteiger partial charge in [-0.3, -0.25) is 0 Å². The molecule has 11 heteroatoms. The van der Waals surface area contributed by atoms with E-state index in [0.29, 0.717) is 24.4 Å². The van der Waals surface area contributed by atoms with Crippen LogP contribution < -0.4 is 20.3 Å². The van der Waals surface area contributed by atoms with Crippen LogP contribution in [0.4, 0.5) is 17.8 Å². The van der Waals surface area contributed by atoms with Gasteiger partial charge in [0.2, 0.25) is 17.8 Å². The summed E-state index contributed by atoms with van der Waals surface area (Å²) in [7, 11) is -3.38. The summed E-state index contributed by atoms with van der Waals surface area (Å²) >= 11 is 0. The number of aromatic nitrogens is 3. The van der Waals surface area contributed by atoms with Crippen LogP contribution in [0.25, 0.3) is 0 Å². The van der Waals surface area contributed by atoms with Gasteiger partial charge in [-0.25, -0.2) is 0 Å². The fraction of sp³-hybridized carbons (Fsp3) is 0.864. The zero-order valence-corrected chi connectivity index (χ0v) is 21.1. The summed E-state index contributed by atoms with van der Waals surface area (Å²) in [6, 6.07) is 0.373. The van der Waals surface area contributed by atoms with Gasteiger partial charge < -0.3 is 15.5 Å². The summed E-state index contributed by atoms with van der Waals surface area (Å²) in [6.45, 7) is 9.53. The van der Waals surface area contributed by atoms with Crippen LogP contribution in [-0.4, -0.2) is 72.0 Å². The first-order valence-corrected chi connectivity index (χ1v) is 14.0. The Kier molecular flexibility index (Phi) is 7.91. The van der Waals surface area contributed by atoms with Gasteiger partial charge in [-0.2, -0.15) is 32.4 Å². The second-order valence-corrected chi connectivity index (χ2v) is 11.8. The van der Waals surface area contributed by atoms with Crippen molar-refractivity contribution in [2.24, 2.45) is 5.92 Å². The Morgan fingerprint density at radius 2 is 1.64 bits per heavy atom. The monoisotopic (exact) mass is 480 g/mol. The van der Waals surface area contributed by atoms with Crippen molar-refractivity contribution in [2.75, 3.05) is 41.7 Å². The van der Waals surface area contributed by atoms with E-state index in [2.05, 4.69) is 49.1 Å². The molecule has 10 nitrogen and oxygen atoms in total. The molecule has 1 unspecified atom stereocenters. The Bertz CT molecular complexity index is 882. The van der Waals surface area contributed by atoms with Crippen LogP contribution in [0.15, 0.2) is 0 Å². The van der Waals surface area contributed by atoms with E-state index >= 15 is 0 Å². The van der Waals surface area contributed by atoms with Crippen molar-refractivity contribution >= 4 is 28.1 Å². The highest BCUT2D eigenvalue weighted by Gasteiger charge is 2.34. The molecular weight excluding hydrogens is 440 g/mol. The van der Waals surface area contributed by atoms with Crippen molar-refractivity contribution in [3.63, 3.8) is 0 Å². The third kappa shape index (κ3) is 6.45. The number of anilines is 3. The highest BCUT2D eigenvalue weighted by Crippen LogP contribution is 2.27. The molecule has 1 saturated carbocycles. The third-order valence-corrected chi connectivity index (χ3v) is 8.73. The predicted octanol–water partition coefficient (Wildman–Crippen LogP) is 2.58. The van der Waals surface area contributed by atoms with E-state index in [-0.39, 0.29) is 18.1 Å². The fourth-order valence-electron chi connectivity index (χ4n) is 5.09. The summed E-state index contributed by atoms with van der Waals surface area (Å²) in [5.74, 6) is 2.44. The molecule has 0 bridgehead atoms. The maximum atomic E-state index is 12.7. The van der Waals surface area contributed by atoms with Crippen LogP contribution in [0.3, 0.4) is 0 Å². The molecule has 3 aliphatic rings. The van der Waals surface area contributed by atoms with E-state index in [4.69, 9.17) is 0 Å². The molecule has 4 rings (SSSR count). The molecular formula is C22H40N8O2S. The largest absolute Gasteiger partial charge is 0.354 e. The Morgan fingerprint density at radius 3 is 2.27 bits per heavy atom. The van der Waals surface area contributed by atoms with Crippen LogP contribution in [-0.2, 0) is 10.2 Å². The zero-order chi connectivity index (χ0) is 23.4. The molecule has 1 atom stereocenters. The van der Waals surface area contributed by atoms with Gasteiger partial charge in [0.1, 0.15) is 0 Å². The highest BCUT2D eigenvalue weighted by atomic mass is 32.2. The highest BCUT2D eigenvalue weighted by molar-refractivity contribution is 7.87. The summed E-state index contributed by atoms with van der Waals surface area (Å²) in [4.78, 5) is 16.1. The average molecular weight is 481 g/mol. The molecule has 1 aromatic heterocycles. The van der Waals surface area contributed by atoms with Crippen molar-refractivity contribution in [3.8, 4) is 0 Å². The number of hydrogen-bond acceptors (Lipinski definition) is 8. The lowest BCUT2D eigenvalue weighted by molar-refractivity contribution is 0.314. The van der Waals surface area contributed by atoms with Gasteiger partial charge in [-0.15, -0.1) is 0 Å². The lowest BCUT2D eigenvalue weighted by Crippen LogP contribution is -2.47. The van der Waals surface area contributed by atoms with E-state index in [0.717, 1.165) is 64.1 Å². The van der Waals surface area contributed by atoms with Crippen molar-refractivity contribution < 1.29 is 8.42 Å². The summed E-state index contributed by atoms with van der Waals surface area (Å²) in [6.07, 6.45) is 7.94. The molecule has 0 spiro atoms. The predicted molar refractivity (Wildman–Crippen MR) is 132 cm³/mol. The van der Waals surface area contributed by atoms with Gasteiger partial charge in [0.25, 0.3) is 10.2 Å². The SMILES string of the molecule is CC(C)Nc1nc(NCC2CCC(NS(=O)(=O)N3CCCC3C)CC2)nc(N2CCCC2)n1. The molecule has 1 aromatic rings. The first kappa shape index (κ1) is 24.4. The topological polar surface area (TPSA) is 115 Å².